The van der Waals surface area contributed by atoms with Crippen LogP contribution in [0.5, 0.6) is 0 Å². The topological polar surface area (TPSA) is 12.0 Å². The van der Waals surface area contributed by atoms with Crippen LogP contribution in [0.1, 0.15) is 53.4 Å². The summed E-state index contributed by atoms with van der Waals surface area (Å²) in [7, 11) is 0. The SMILES string of the molecule is CC(CC(F)(F)F)NC1CCC(C)(C)CC1C. The normalized spacial score (nSPS) is 31.2. The average Bonchev–Trinajstić information content (AvgIpc) is 2.06. The molecule has 3 unspecified atom stereocenters. The zero-order chi connectivity index (χ0) is 13.3. The van der Waals surface area contributed by atoms with E-state index in [1.54, 1.807) is 6.92 Å². The van der Waals surface area contributed by atoms with Gasteiger partial charge >= 0.3 is 6.18 Å². The molecule has 0 heterocycles. The lowest BCUT2D eigenvalue weighted by Crippen LogP contribution is -2.46. The molecule has 1 fully saturated rings. The minimum absolute atomic E-state index is 0.236. The van der Waals surface area contributed by atoms with Crippen LogP contribution in [0.2, 0.25) is 0 Å². The second-order valence-electron chi connectivity index (χ2n) is 6.38. The van der Waals surface area contributed by atoms with Gasteiger partial charge in [-0.1, -0.05) is 20.8 Å². The first kappa shape index (κ1) is 14.8. The molecule has 0 bridgehead atoms. The van der Waals surface area contributed by atoms with Crippen molar-refractivity contribution in [3.63, 3.8) is 0 Å². The molecule has 1 rings (SSSR count). The van der Waals surface area contributed by atoms with Crippen molar-refractivity contribution in [2.75, 3.05) is 0 Å². The number of halogens is 3. The van der Waals surface area contributed by atoms with Crippen LogP contribution in [0.25, 0.3) is 0 Å². The van der Waals surface area contributed by atoms with Gasteiger partial charge in [-0.15, -0.1) is 0 Å². The van der Waals surface area contributed by atoms with E-state index in [2.05, 4.69) is 26.1 Å². The van der Waals surface area contributed by atoms with Gasteiger partial charge < -0.3 is 5.32 Å². The molecule has 0 aromatic carbocycles. The Hall–Kier alpha value is -0.250. The Morgan fingerprint density at radius 3 is 2.41 bits per heavy atom. The largest absolute Gasteiger partial charge is 0.390 e. The molecule has 0 amide bonds. The second kappa shape index (κ2) is 5.17. The predicted molar refractivity (Wildman–Crippen MR) is 63.9 cm³/mol. The summed E-state index contributed by atoms with van der Waals surface area (Å²) in [5.41, 5.74) is 0.338. The van der Waals surface area contributed by atoms with Gasteiger partial charge in [0.25, 0.3) is 0 Å². The van der Waals surface area contributed by atoms with Gasteiger partial charge in [-0.25, -0.2) is 0 Å². The van der Waals surface area contributed by atoms with Gasteiger partial charge in [0.1, 0.15) is 0 Å². The Labute approximate surface area is 102 Å². The number of nitrogens with one attached hydrogen (secondary N) is 1. The predicted octanol–water partition coefficient (Wildman–Crippen LogP) is 4.13. The first-order valence-electron chi connectivity index (χ1n) is 6.42. The molecule has 3 atom stereocenters. The molecule has 0 aliphatic heterocycles. The molecule has 1 N–H and O–H groups in total. The van der Waals surface area contributed by atoms with Gasteiger partial charge in [0.2, 0.25) is 0 Å². The zero-order valence-corrected chi connectivity index (χ0v) is 11.2. The lowest BCUT2D eigenvalue weighted by atomic mass is 9.70. The number of hydrogen-bond acceptors (Lipinski definition) is 1. The second-order valence-corrected chi connectivity index (χ2v) is 6.38. The maximum absolute atomic E-state index is 12.2. The van der Waals surface area contributed by atoms with Crippen LogP contribution >= 0.6 is 0 Å². The lowest BCUT2D eigenvalue weighted by Gasteiger charge is -2.40. The van der Waals surface area contributed by atoms with Crippen molar-refractivity contribution >= 4 is 0 Å². The Morgan fingerprint density at radius 2 is 1.94 bits per heavy atom. The standard InChI is InChI=1S/C13H24F3N/c1-9-7-12(3,4)6-5-11(9)17-10(2)8-13(14,15)16/h9-11,17H,5-8H2,1-4H3. The summed E-state index contributed by atoms with van der Waals surface area (Å²) in [6.45, 7) is 8.23. The third-order valence-electron chi connectivity index (χ3n) is 3.73. The van der Waals surface area contributed by atoms with Gasteiger partial charge in [0.05, 0.1) is 6.42 Å². The number of rotatable bonds is 3. The summed E-state index contributed by atoms with van der Waals surface area (Å²) in [5.74, 6) is 0.453. The average molecular weight is 251 g/mol. The summed E-state index contributed by atoms with van der Waals surface area (Å²) in [4.78, 5) is 0. The van der Waals surface area contributed by atoms with Crippen molar-refractivity contribution in [2.45, 2.75) is 71.6 Å². The zero-order valence-electron chi connectivity index (χ0n) is 11.2. The van der Waals surface area contributed by atoms with Gasteiger partial charge in [0, 0.05) is 12.1 Å². The lowest BCUT2D eigenvalue weighted by molar-refractivity contribution is -0.139. The maximum Gasteiger partial charge on any atom is 0.390 e. The van der Waals surface area contributed by atoms with E-state index < -0.39 is 18.6 Å². The van der Waals surface area contributed by atoms with Gasteiger partial charge in [0.15, 0.2) is 0 Å². The highest BCUT2D eigenvalue weighted by Crippen LogP contribution is 2.38. The summed E-state index contributed by atoms with van der Waals surface area (Å²) >= 11 is 0. The first-order chi connectivity index (χ1) is 7.59. The minimum Gasteiger partial charge on any atom is -0.311 e. The minimum atomic E-state index is -4.07. The first-order valence-corrected chi connectivity index (χ1v) is 6.42. The van der Waals surface area contributed by atoms with E-state index in [-0.39, 0.29) is 6.04 Å². The molecule has 17 heavy (non-hydrogen) atoms. The molecule has 1 nitrogen and oxygen atoms in total. The molecule has 1 aliphatic rings. The van der Waals surface area contributed by atoms with Gasteiger partial charge in [-0.3, -0.25) is 0 Å². The number of alkyl halides is 3. The van der Waals surface area contributed by atoms with E-state index in [4.69, 9.17) is 0 Å². The van der Waals surface area contributed by atoms with E-state index in [1.165, 1.54) is 0 Å². The van der Waals surface area contributed by atoms with Crippen LogP contribution in [-0.2, 0) is 0 Å². The molecule has 0 aromatic heterocycles. The third kappa shape index (κ3) is 5.28. The van der Waals surface area contributed by atoms with Crippen LogP contribution in [0.4, 0.5) is 13.2 Å². The molecule has 102 valence electrons. The summed E-state index contributed by atoms with van der Waals surface area (Å²) in [6.07, 6.45) is -1.64. The summed E-state index contributed by atoms with van der Waals surface area (Å²) < 4.78 is 36.7. The fourth-order valence-corrected chi connectivity index (χ4v) is 2.97. The van der Waals surface area contributed by atoms with Crippen molar-refractivity contribution in [3.05, 3.63) is 0 Å². The molecule has 4 heteroatoms. The van der Waals surface area contributed by atoms with E-state index in [9.17, 15) is 13.2 Å². The van der Waals surface area contributed by atoms with Crippen molar-refractivity contribution in [1.29, 1.82) is 0 Å². The van der Waals surface area contributed by atoms with Gasteiger partial charge in [-0.05, 0) is 37.5 Å². The molecule has 1 aliphatic carbocycles. The Balaban J connectivity index is 2.42. The van der Waals surface area contributed by atoms with Crippen molar-refractivity contribution in [3.8, 4) is 0 Å². The molecule has 0 saturated heterocycles. The fraction of sp³-hybridized carbons (Fsp3) is 1.00. The summed E-state index contributed by atoms with van der Waals surface area (Å²) in [5, 5.41) is 3.14. The van der Waals surface area contributed by atoms with Crippen molar-refractivity contribution < 1.29 is 13.2 Å². The summed E-state index contributed by atoms with van der Waals surface area (Å²) in [6, 6.07) is -0.246. The third-order valence-corrected chi connectivity index (χ3v) is 3.73. The van der Waals surface area contributed by atoms with Crippen LogP contribution in [0, 0.1) is 11.3 Å². The molecular formula is C13H24F3N. The van der Waals surface area contributed by atoms with E-state index in [0.717, 1.165) is 19.3 Å². The number of hydrogen-bond donors (Lipinski definition) is 1. The highest BCUT2D eigenvalue weighted by atomic mass is 19.4. The van der Waals surface area contributed by atoms with Crippen molar-refractivity contribution in [1.82, 2.24) is 5.32 Å². The van der Waals surface area contributed by atoms with Crippen LogP contribution < -0.4 is 5.32 Å². The van der Waals surface area contributed by atoms with Crippen LogP contribution in [0.15, 0.2) is 0 Å². The van der Waals surface area contributed by atoms with Crippen LogP contribution in [0.3, 0.4) is 0 Å². The Kier molecular flexibility index (Phi) is 4.50. The smallest absolute Gasteiger partial charge is 0.311 e. The molecule has 1 saturated carbocycles. The van der Waals surface area contributed by atoms with Crippen molar-refractivity contribution in [2.24, 2.45) is 11.3 Å². The maximum atomic E-state index is 12.2. The Morgan fingerprint density at radius 1 is 1.35 bits per heavy atom. The molecule has 0 aromatic rings. The van der Waals surface area contributed by atoms with Crippen LogP contribution in [-0.4, -0.2) is 18.3 Å². The monoisotopic (exact) mass is 251 g/mol. The highest BCUT2D eigenvalue weighted by Gasteiger charge is 2.35. The van der Waals surface area contributed by atoms with E-state index >= 15 is 0 Å². The van der Waals surface area contributed by atoms with E-state index in [1.807, 2.05) is 0 Å². The molecule has 0 radical (unpaired) electrons. The van der Waals surface area contributed by atoms with Gasteiger partial charge in [-0.2, -0.15) is 13.2 Å². The fourth-order valence-electron chi connectivity index (χ4n) is 2.97. The quantitative estimate of drug-likeness (QED) is 0.795. The highest BCUT2D eigenvalue weighted by molar-refractivity contribution is 4.88. The molecular weight excluding hydrogens is 227 g/mol. The molecule has 0 spiro atoms. The Bertz CT molecular complexity index is 248. The van der Waals surface area contributed by atoms with E-state index in [0.29, 0.717) is 11.3 Å².